The van der Waals surface area contributed by atoms with Crippen molar-refractivity contribution in [3.05, 3.63) is 74.8 Å². The maximum Gasteiger partial charge on any atom is 0.282 e. The van der Waals surface area contributed by atoms with Gasteiger partial charge in [0.2, 0.25) is 5.01 Å². The molecule has 0 bridgehead atoms. The van der Waals surface area contributed by atoms with Crippen LogP contribution in [-0.4, -0.2) is 39.1 Å². The van der Waals surface area contributed by atoms with Crippen LogP contribution < -0.4 is 5.32 Å². The fourth-order valence-corrected chi connectivity index (χ4v) is 4.86. The van der Waals surface area contributed by atoms with E-state index in [1.54, 1.807) is 18.2 Å². The third kappa shape index (κ3) is 5.21. The van der Waals surface area contributed by atoms with Crippen LogP contribution in [0.25, 0.3) is 11.1 Å². The van der Waals surface area contributed by atoms with Crippen LogP contribution in [0.3, 0.4) is 0 Å². The number of nitrogens with zero attached hydrogens (tertiary/aromatic N) is 4. The van der Waals surface area contributed by atoms with Crippen LogP contribution in [0.15, 0.2) is 46.9 Å². The second kappa shape index (κ2) is 9.54. The summed E-state index contributed by atoms with van der Waals surface area (Å²) in [5.74, 6) is 0.456. The SMILES string of the molecule is O=C(NCc1ccc(F)cc1)c1nnc(CN2CCC(c3nc4cc(Cl)ccc4o3)CC2)s1. The predicted molar refractivity (Wildman–Crippen MR) is 124 cm³/mol. The highest BCUT2D eigenvalue weighted by Crippen LogP contribution is 2.31. The molecule has 1 saturated heterocycles. The lowest BCUT2D eigenvalue weighted by molar-refractivity contribution is 0.0950. The lowest BCUT2D eigenvalue weighted by Gasteiger charge is -2.29. The zero-order chi connectivity index (χ0) is 22.8. The maximum absolute atomic E-state index is 13.0. The molecule has 0 unspecified atom stereocenters. The van der Waals surface area contributed by atoms with E-state index in [1.807, 2.05) is 12.1 Å². The van der Waals surface area contributed by atoms with Crippen LogP contribution in [0.2, 0.25) is 5.02 Å². The molecule has 2 aromatic carbocycles. The molecule has 1 N–H and O–H groups in total. The second-order valence-corrected chi connectivity index (χ2v) is 9.52. The summed E-state index contributed by atoms with van der Waals surface area (Å²) in [6, 6.07) is 11.5. The smallest absolute Gasteiger partial charge is 0.282 e. The maximum atomic E-state index is 13.0. The van der Waals surface area contributed by atoms with E-state index < -0.39 is 0 Å². The molecule has 0 spiro atoms. The first-order valence-electron chi connectivity index (χ1n) is 10.7. The number of rotatable bonds is 6. The van der Waals surface area contributed by atoms with Gasteiger partial charge in [0.05, 0.1) is 6.54 Å². The zero-order valence-corrected chi connectivity index (χ0v) is 19.2. The van der Waals surface area contributed by atoms with E-state index in [0.717, 1.165) is 53.5 Å². The number of amides is 1. The average Bonchev–Trinajstić information content (AvgIpc) is 3.46. The van der Waals surface area contributed by atoms with Crippen LogP contribution in [0.5, 0.6) is 0 Å². The number of benzene rings is 2. The molecule has 0 radical (unpaired) electrons. The Morgan fingerprint density at radius 2 is 1.97 bits per heavy atom. The molecule has 2 aromatic heterocycles. The van der Waals surface area contributed by atoms with Crippen LogP contribution in [0.1, 0.15) is 45.0 Å². The largest absolute Gasteiger partial charge is 0.440 e. The fourth-order valence-electron chi connectivity index (χ4n) is 3.89. The summed E-state index contributed by atoms with van der Waals surface area (Å²) in [4.78, 5) is 19.3. The van der Waals surface area contributed by atoms with Gasteiger partial charge in [-0.1, -0.05) is 35.1 Å². The molecule has 1 aliphatic rings. The third-order valence-electron chi connectivity index (χ3n) is 5.69. The summed E-state index contributed by atoms with van der Waals surface area (Å²) in [6.45, 7) is 2.73. The number of piperidine rings is 1. The molecule has 1 aliphatic heterocycles. The van der Waals surface area contributed by atoms with Gasteiger partial charge in [0.15, 0.2) is 11.5 Å². The van der Waals surface area contributed by atoms with E-state index in [-0.39, 0.29) is 17.6 Å². The highest BCUT2D eigenvalue weighted by Gasteiger charge is 2.25. The first kappa shape index (κ1) is 21.9. The second-order valence-electron chi connectivity index (χ2n) is 8.02. The molecule has 4 aromatic rings. The number of likely N-dealkylation sites (tertiary alicyclic amines) is 1. The van der Waals surface area contributed by atoms with Crippen molar-refractivity contribution >= 4 is 39.9 Å². The minimum atomic E-state index is -0.304. The molecule has 170 valence electrons. The van der Waals surface area contributed by atoms with Crippen molar-refractivity contribution in [3.63, 3.8) is 0 Å². The van der Waals surface area contributed by atoms with Crippen molar-refractivity contribution in [2.24, 2.45) is 0 Å². The van der Waals surface area contributed by atoms with Crippen molar-refractivity contribution in [3.8, 4) is 0 Å². The van der Waals surface area contributed by atoms with Gasteiger partial charge in [-0.15, -0.1) is 10.2 Å². The van der Waals surface area contributed by atoms with Gasteiger partial charge in [-0.3, -0.25) is 9.69 Å². The summed E-state index contributed by atoms with van der Waals surface area (Å²) in [7, 11) is 0. The van der Waals surface area contributed by atoms with Gasteiger partial charge in [0, 0.05) is 17.5 Å². The van der Waals surface area contributed by atoms with E-state index in [9.17, 15) is 9.18 Å². The van der Waals surface area contributed by atoms with Crippen LogP contribution >= 0.6 is 22.9 Å². The molecule has 33 heavy (non-hydrogen) atoms. The Kier molecular flexibility index (Phi) is 6.34. The van der Waals surface area contributed by atoms with Gasteiger partial charge >= 0.3 is 0 Å². The zero-order valence-electron chi connectivity index (χ0n) is 17.6. The molecule has 5 rings (SSSR count). The first-order valence-corrected chi connectivity index (χ1v) is 11.9. The number of oxazole rings is 1. The fraction of sp³-hybridized carbons (Fsp3) is 0.304. The lowest BCUT2D eigenvalue weighted by atomic mass is 9.97. The van der Waals surface area contributed by atoms with Crippen molar-refractivity contribution in [2.75, 3.05) is 13.1 Å². The van der Waals surface area contributed by atoms with E-state index in [4.69, 9.17) is 16.0 Å². The van der Waals surface area contributed by atoms with Crippen molar-refractivity contribution in [1.82, 2.24) is 25.4 Å². The standard InChI is InChI=1S/C23H21ClFN5O2S/c24-16-3-6-19-18(11-16)27-22(32-19)15-7-9-30(10-8-15)13-20-28-29-23(33-20)21(31)26-12-14-1-4-17(25)5-2-14/h1-6,11,15H,7-10,12-13H2,(H,26,31). The number of aromatic nitrogens is 3. The van der Waals surface area contributed by atoms with Crippen LogP contribution in [-0.2, 0) is 13.1 Å². The molecule has 7 nitrogen and oxygen atoms in total. The number of halogens is 2. The van der Waals surface area contributed by atoms with Gasteiger partial charge in [-0.25, -0.2) is 9.37 Å². The lowest BCUT2D eigenvalue weighted by Crippen LogP contribution is -2.32. The molecule has 1 amide bonds. The summed E-state index contributed by atoms with van der Waals surface area (Å²) in [6.07, 6.45) is 1.87. The number of hydrogen-bond donors (Lipinski definition) is 1. The Bertz CT molecular complexity index is 1270. The van der Waals surface area contributed by atoms with E-state index >= 15 is 0 Å². The van der Waals surface area contributed by atoms with E-state index in [1.165, 1.54) is 23.5 Å². The molecule has 0 atom stereocenters. The number of carbonyl (C=O) groups is 1. The normalized spacial score (nSPS) is 15.2. The molecule has 10 heteroatoms. The summed E-state index contributed by atoms with van der Waals surface area (Å²) >= 11 is 7.34. The molecule has 0 saturated carbocycles. The number of fused-ring (bicyclic) bond motifs is 1. The van der Waals surface area contributed by atoms with Crippen molar-refractivity contribution in [1.29, 1.82) is 0 Å². The van der Waals surface area contributed by atoms with Crippen molar-refractivity contribution < 1.29 is 13.6 Å². The van der Waals surface area contributed by atoms with Gasteiger partial charge in [0.1, 0.15) is 16.3 Å². The molecule has 1 fully saturated rings. The highest BCUT2D eigenvalue weighted by molar-refractivity contribution is 7.13. The Labute approximate surface area is 198 Å². The minimum Gasteiger partial charge on any atom is -0.440 e. The Balaban J connectivity index is 1.12. The van der Waals surface area contributed by atoms with Gasteiger partial charge < -0.3 is 9.73 Å². The van der Waals surface area contributed by atoms with Gasteiger partial charge in [-0.2, -0.15) is 0 Å². The topological polar surface area (TPSA) is 84.2 Å². The number of nitrogens with one attached hydrogen (secondary N) is 1. The quantitative estimate of drug-likeness (QED) is 0.423. The Morgan fingerprint density at radius 3 is 2.76 bits per heavy atom. The summed E-state index contributed by atoms with van der Waals surface area (Å²) < 4.78 is 18.9. The van der Waals surface area contributed by atoms with Gasteiger partial charge in [0.25, 0.3) is 5.91 Å². The number of hydrogen-bond acceptors (Lipinski definition) is 7. The molecule has 0 aliphatic carbocycles. The summed E-state index contributed by atoms with van der Waals surface area (Å²) in [5, 5.41) is 12.8. The van der Waals surface area contributed by atoms with Crippen molar-refractivity contribution in [2.45, 2.75) is 31.8 Å². The van der Waals surface area contributed by atoms with E-state index in [0.29, 0.717) is 23.1 Å². The predicted octanol–water partition coefficient (Wildman–Crippen LogP) is 4.78. The average molecular weight is 486 g/mol. The van der Waals surface area contributed by atoms with Gasteiger partial charge in [-0.05, 0) is 61.8 Å². The molecular formula is C23H21ClFN5O2S. The van der Waals surface area contributed by atoms with Crippen LogP contribution in [0, 0.1) is 5.82 Å². The minimum absolute atomic E-state index is 0.273. The Hall–Kier alpha value is -2.88. The third-order valence-corrected chi connectivity index (χ3v) is 6.83. The molecule has 3 heterocycles. The Morgan fingerprint density at radius 1 is 1.18 bits per heavy atom. The highest BCUT2D eigenvalue weighted by atomic mass is 35.5. The van der Waals surface area contributed by atoms with Crippen LogP contribution in [0.4, 0.5) is 4.39 Å². The summed E-state index contributed by atoms with van der Waals surface area (Å²) in [5.41, 5.74) is 2.37. The molecular weight excluding hydrogens is 465 g/mol. The number of carbonyl (C=O) groups excluding carboxylic acids is 1. The first-order chi connectivity index (χ1) is 16.0. The monoisotopic (exact) mass is 485 g/mol. The van der Waals surface area contributed by atoms with E-state index in [2.05, 4.69) is 25.4 Å².